The molecule has 2 aliphatic heterocycles. The molecule has 0 saturated carbocycles. The van der Waals surface area contributed by atoms with E-state index in [1.807, 2.05) is 36.1 Å². The van der Waals surface area contributed by atoms with Crippen LogP contribution in [0.3, 0.4) is 0 Å². The zero-order chi connectivity index (χ0) is 24.1. The summed E-state index contributed by atoms with van der Waals surface area (Å²) in [6, 6.07) is 13.8. The predicted molar refractivity (Wildman–Crippen MR) is 128 cm³/mol. The first-order valence-electron chi connectivity index (χ1n) is 12.0. The van der Waals surface area contributed by atoms with Crippen molar-refractivity contribution in [1.82, 2.24) is 14.7 Å². The molecule has 2 aliphatic rings. The molecule has 0 spiro atoms. The molecule has 0 N–H and O–H groups in total. The Kier molecular flexibility index (Phi) is 7.85. The molecule has 0 bridgehead atoms. The van der Waals surface area contributed by atoms with Crippen molar-refractivity contribution in [2.75, 3.05) is 39.3 Å². The Labute approximate surface area is 200 Å². The summed E-state index contributed by atoms with van der Waals surface area (Å²) in [5.74, 6) is -0.552. The number of carbonyl (C=O) groups excluding carboxylic acids is 3. The fraction of sp³-hybridized carbons (Fsp3) is 0.444. The molecule has 7 heteroatoms. The fourth-order valence-electron chi connectivity index (χ4n) is 4.86. The average molecular weight is 466 g/mol. The molecule has 2 fully saturated rings. The summed E-state index contributed by atoms with van der Waals surface area (Å²) >= 11 is 0. The van der Waals surface area contributed by atoms with Crippen molar-refractivity contribution in [3.8, 4) is 0 Å². The largest absolute Gasteiger partial charge is 0.303 e. The normalized spacial score (nSPS) is 18.5. The fourth-order valence-corrected chi connectivity index (χ4v) is 4.86. The van der Waals surface area contributed by atoms with E-state index in [0.717, 1.165) is 50.0 Å². The number of hydrogen-bond acceptors (Lipinski definition) is 5. The smallest absolute Gasteiger partial charge is 0.243 e. The number of halogens is 1. The zero-order valence-electron chi connectivity index (χ0n) is 19.7. The molecule has 0 aromatic heterocycles. The third-order valence-electron chi connectivity index (χ3n) is 6.92. The Hall–Kier alpha value is -2.90. The topological polar surface area (TPSA) is 60.9 Å². The lowest BCUT2D eigenvalue weighted by Gasteiger charge is -2.34. The van der Waals surface area contributed by atoms with Crippen molar-refractivity contribution in [3.05, 3.63) is 71.0 Å². The highest BCUT2D eigenvalue weighted by Crippen LogP contribution is 2.22. The van der Waals surface area contributed by atoms with Crippen molar-refractivity contribution < 1.29 is 18.8 Å². The molecule has 0 aliphatic carbocycles. The minimum atomic E-state index is -0.337. The van der Waals surface area contributed by atoms with Crippen LogP contribution in [0.25, 0.3) is 0 Å². The molecule has 2 aromatic rings. The van der Waals surface area contributed by atoms with E-state index in [1.165, 1.54) is 17.0 Å². The van der Waals surface area contributed by atoms with Crippen molar-refractivity contribution in [2.45, 2.75) is 32.7 Å². The van der Waals surface area contributed by atoms with Crippen LogP contribution in [0.1, 0.15) is 40.7 Å². The maximum absolute atomic E-state index is 13.1. The van der Waals surface area contributed by atoms with Gasteiger partial charge in [-0.25, -0.2) is 4.39 Å². The van der Waals surface area contributed by atoms with Crippen LogP contribution in [0.4, 0.5) is 4.39 Å². The highest BCUT2D eigenvalue weighted by Gasteiger charge is 2.31. The maximum atomic E-state index is 13.1. The number of benzene rings is 2. The highest BCUT2D eigenvalue weighted by molar-refractivity contribution is 5.99. The Bertz CT molecular complexity index is 1010. The van der Waals surface area contributed by atoms with E-state index in [9.17, 15) is 18.8 Å². The number of ketones is 1. The Morgan fingerprint density at radius 1 is 0.912 bits per heavy atom. The highest BCUT2D eigenvalue weighted by atomic mass is 19.1. The number of amides is 2. The minimum Gasteiger partial charge on any atom is -0.303 e. The molecule has 6 nitrogen and oxygen atoms in total. The summed E-state index contributed by atoms with van der Waals surface area (Å²) in [6.07, 6.45) is 2.27. The Morgan fingerprint density at radius 3 is 2.21 bits per heavy atom. The number of rotatable bonds is 8. The molecule has 180 valence electrons. The molecule has 0 atom stereocenters. The van der Waals surface area contributed by atoms with Crippen LogP contribution in [0.15, 0.2) is 48.5 Å². The molecule has 2 heterocycles. The summed E-state index contributed by atoms with van der Waals surface area (Å²) in [4.78, 5) is 43.5. The van der Waals surface area contributed by atoms with Crippen molar-refractivity contribution in [1.29, 1.82) is 0 Å². The van der Waals surface area contributed by atoms with E-state index in [4.69, 9.17) is 0 Å². The molecule has 2 amide bonds. The summed E-state index contributed by atoms with van der Waals surface area (Å²) < 4.78 is 13.1. The van der Waals surface area contributed by atoms with Crippen LogP contribution in [0, 0.1) is 18.7 Å². The number of likely N-dealkylation sites (tertiary alicyclic amines) is 1. The lowest BCUT2D eigenvalue weighted by atomic mass is 9.89. The Balaban J connectivity index is 1.19. The lowest BCUT2D eigenvalue weighted by Crippen LogP contribution is -2.54. The van der Waals surface area contributed by atoms with E-state index in [1.54, 1.807) is 12.1 Å². The number of piperazine rings is 1. The molecule has 4 rings (SSSR count). The quantitative estimate of drug-likeness (QED) is 0.442. The van der Waals surface area contributed by atoms with Gasteiger partial charge >= 0.3 is 0 Å². The molecular formula is C27H32FN3O3. The molecule has 34 heavy (non-hydrogen) atoms. The lowest BCUT2D eigenvalue weighted by molar-refractivity contribution is -0.151. The van der Waals surface area contributed by atoms with Crippen LogP contribution in [-0.4, -0.2) is 71.6 Å². The van der Waals surface area contributed by atoms with Gasteiger partial charge in [-0.15, -0.1) is 0 Å². The second-order valence-corrected chi connectivity index (χ2v) is 9.35. The van der Waals surface area contributed by atoms with Gasteiger partial charge in [-0.3, -0.25) is 24.2 Å². The van der Waals surface area contributed by atoms with E-state index in [-0.39, 0.29) is 42.4 Å². The average Bonchev–Trinajstić information content (AvgIpc) is 2.83. The number of carbonyl (C=O) groups is 3. The first kappa shape index (κ1) is 24.2. The van der Waals surface area contributed by atoms with Gasteiger partial charge in [0.2, 0.25) is 11.8 Å². The zero-order valence-corrected chi connectivity index (χ0v) is 19.7. The van der Waals surface area contributed by atoms with Crippen molar-refractivity contribution >= 4 is 17.6 Å². The number of nitrogens with zero attached hydrogens (tertiary/aromatic N) is 3. The van der Waals surface area contributed by atoms with E-state index < -0.39 is 0 Å². The van der Waals surface area contributed by atoms with Gasteiger partial charge in [-0.2, -0.15) is 0 Å². The number of Topliss-reactive ketones (excluding diaryl/α,β-unsaturated/α-hetero) is 1. The SMILES string of the molecule is Cc1ccccc1CN1CC(=O)N(CCCN2CCC(C(=O)c3ccc(F)cc3)CC2)C(=O)C1. The standard InChI is InChI=1S/C27H32FN3O3/c1-20-5-2-3-6-23(20)17-30-18-25(32)31(26(33)19-30)14-4-13-29-15-11-22(12-16-29)27(34)21-7-9-24(28)10-8-21/h2-3,5-10,22H,4,11-19H2,1H3. The third kappa shape index (κ3) is 5.96. The molecule has 2 saturated heterocycles. The number of aryl methyl sites for hydroxylation is 1. The van der Waals surface area contributed by atoms with Crippen LogP contribution in [-0.2, 0) is 16.1 Å². The Morgan fingerprint density at radius 2 is 1.56 bits per heavy atom. The second-order valence-electron chi connectivity index (χ2n) is 9.35. The predicted octanol–water partition coefficient (Wildman–Crippen LogP) is 3.29. The van der Waals surface area contributed by atoms with E-state index in [2.05, 4.69) is 4.90 Å². The monoisotopic (exact) mass is 465 g/mol. The molecule has 0 unspecified atom stereocenters. The van der Waals surface area contributed by atoms with Gasteiger partial charge in [-0.1, -0.05) is 24.3 Å². The summed E-state index contributed by atoms with van der Waals surface area (Å²) in [6.45, 7) is 6.01. The molecular weight excluding hydrogens is 433 g/mol. The minimum absolute atomic E-state index is 0.0359. The van der Waals surface area contributed by atoms with Gasteiger partial charge in [0.25, 0.3) is 0 Å². The van der Waals surface area contributed by atoms with Gasteiger partial charge in [0, 0.05) is 24.6 Å². The van der Waals surface area contributed by atoms with Gasteiger partial charge in [0.15, 0.2) is 5.78 Å². The van der Waals surface area contributed by atoms with Gasteiger partial charge < -0.3 is 4.90 Å². The number of imide groups is 1. The summed E-state index contributed by atoms with van der Waals surface area (Å²) in [7, 11) is 0. The summed E-state index contributed by atoms with van der Waals surface area (Å²) in [5, 5.41) is 0. The second kappa shape index (κ2) is 11.0. The van der Waals surface area contributed by atoms with Gasteiger partial charge in [-0.05, 0) is 81.2 Å². The van der Waals surface area contributed by atoms with Gasteiger partial charge in [0.1, 0.15) is 5.82 Å². The molecule has 2 aromatic carbocycles. The van der Waals surface area contributed by atoms with Crippen LogP contribution in [0.2, 0.25) is 0 Å². The van der Waals surface area contributed by atoms with Gasteiger partial charge in [0.05, 0.1) is 13.1 Å². The number of piperidine rings is 1. The molecule has 0 radical (unpaired) electrons. The summed E-state index contributed by atoms with van der Waals surface area (Å²) in [5.41, 5.74) is 2.87. The van der Waals surface area contributed by atoms with Crippen LogP contribution < -0.4 is 0 Å². The van der Waals surface area contributed by atoms with Crippen molar-refractivity contribution in [2.24, 2.45) is 5.92 Å². The van der Waals surface area contributed by atoms with E-state index in [0.29, 0.717) is 18.7 Å². The maximum Gasteiger partial charge on any atom is 0.243 e. The number of hydrogen-bond donors (Lipinski definition) is 0. The van der Waals surface area contributed by atoms with Crippen molar-refractivity contribution in [3.63, 3.8) is 0 Å². The first-order valence-corrected chi connectivity index (χ1v) is 12.0. The van der Waals surface area contributed by atoms with Crippen LogP contribution in [0.5, 0.6) is 0 Å². The third-order valence-corrected chi connectivity index (χ3v) is 6.92. The van der Waals surface area contributed by atoms with E-state index >= 15 is 0 Å². The van der Waals surface area contributed by atoms with Crippen LogP contribution >= 0.6 is 0 Å². The first-order chi connectivity index (χ1) is 16.4.